The van der Waals surface area contributed by atoms with Crippen molar-refractivity contribution >= 4 is 22.8 Å². The Morgan fingerprint density at radius 2 is 1.79 bits per heavy atom. The maximum absolute atomic E-state index is 10.5. The van der Waals surface area contributed by atoms with Gasteiger partial charge in [0.25, 0.3) is 0 Å². The van der Waals surface area contributed by atoms with Gasteiger partial charge in [0.2, 0.25) is 5.89 Å². The van der Waals surface area contributed by atoms with Crippen LogP contribution in [0.25, 0.3) is 22.4 Å². The third-order valence-electron chi connectivity index (χ3n) is 4.99. The number of oxazole rings is 1. The molecule has 0 fully saturated rings. The Balaban J connectivity index is 1.35. The van der Waals surface area contributed by atoms with Gasteiger partial charge in [-0.2, -0.15) is 4.98 Å². The number of aliphatic hydroxyl groups is 1. The molecular formula is C24H23ClN2O2. The van der Waals surface area contributed by atoms with E-state index in [1.165, 1.54) is 5.56 Å². The molecule has 4 nitrogen and oxygen atoms in total. The van der Waals surface area contributed by atoms with Crippen LogP contribution in [-0.2, 0) is 6.42 Å². The standard InChI is InChI=1S/C24H23ClN2O2/c25-20-12-7-11-18(14-20)19-15-22-23(26-16-19)27-24(29-22)21(28)13-6-2-5-10-17-8-3-1-4-9-17/h1,3-4,7-9,11-12,14-16,21,28H,2,5-6,10,13H2. The van der Waals surface area contributed by atoms with E-state index >= 15 is 0 Å². The minimum absolute atomic E-state index is 0.332. The molecule has 1 N–H and O–H groups in total. The van der Waals surface area contributed by atoms with Gasteiger partial charge in [0.15, 0.2) is 11.2 Å². The van der Waals surface area contributed by atoms with Crippen molar-refractivity contribution in [1.82, 2.24) is 9.97 Å². The van der Waals surface area contributed by atoms with Crippen molar-refractivity contribution in [2.24, 2.45) is 0 Å². The number of aliphatic hydroxyl groups excluding tert-OH is 1. The molecule has 2 aromatic carbocycles. The number of fused-ring (bicyclic) bond motifs is 1. The van der Waals surface area contributed by atoms with Crippen molar-refractivity contribution < 1.29 is 9.52 Å². The third kappa shape index (κ3) is 5.03. The largest absolute Gasteiger partial charge is 0.436 e. The van der Waals surface area contributed by atoms with Crippen LogP contribution < -0.4 is 0 Å². The molecule has 2 aromatic heterocycles. The zero-order chi connectivity index (χ0) is 20.1. The van der Waals surface area contributed by atoms with Gasteiger partial charge >= 0.3 is 0 Å². The molecule has 0 bridgehead atoms. The normalized spacial score (nSPS) is 12.3. The Hall–Kier alpha value is -2.69. The van der Waals surface area contributed by atoms with Crippen LogP contribution in [-0.4, -0.2) is 15.1 Å². The van der Waals surface area contributed by atoms with Crippen LogP contribution >= 0.6 is 11.6 Å². The topological polar surface area (TPSA) is 59.2 Å². The smallest absolute Gasteiger partial charge is 0.225 e. The second-order valence-corrected chi connectivity index (χ2v) is 7.65. The van der Waals surface area contributed by atoms with E-state index in [9.17, 15) is 5.11 Å². The fraction of sp³-hybridized carbons (Fsp3) is 0.250. The summed E-state index contributed by atoms with van der Waals surface area (Å²) >= 11 is 6.08. The Bertz CT molecular complexity index is 1080. The summed E-state index contributed by atoms with van der Waals surface area (Å²) in [6.45, 7) is 0. The van der Waals surface area contributed by atoms with E-state index in [4.69, 9.17) is 16.0 Å². The van der Waals surface area contributed by atoms with Gasteiger partial charge in [0.05, 0.1) is 0 Å². The molecule has 0 aliphatic heterocycles. The first kappa shape index (κ1) is 19.6. The fourth-order valence-corrected chi connectivity index (χ4v) is 3.61. The maximum atomic E-state index is 10.5. The highest BCUT2D eigenvalue weighted by molar-refractivity contribution is 6.30. The Morgan fingerprint density at radius 1 is 0.931 bits per heavy atom. The molecule has 0 radical (unpaired) electrons. The van der Waals surface area contributed by atoms with Crippen molar-refractivity contribution in [2.45, 2.75) is 38.2 Å². The van der Waals surface area contributed by atoms with Gasteiger partial charge in [-0.1, -0.05) is 66.9 Å². The molecule has 0 saturated heterocycles. The summed E-state index contributed by atoms with van der Waals surface area (Å²) in [5.74, 6) is 0.332. The summed E-state index contributed by atoms with van der Waals surface area (Å²) in [5, 5.41) is 11.1. The Morgan fingerprint density at radius 3 is 2.62 bits per heavy atom. The molecule has 5 heteroatoms. The first-order valence-corrected chi connectivity index (χ1v) is 10.3. The average molecular weight is 407 g/mol. The van der Waals surface area contributed by atoms with Crippen LogP contribution in [0.15, 0.2) is 71.3 Å². The fourth-order valence-electron chi connectivity index (χ4n) is 3.42. The summed E-state index contributed by atoms with van der Waals surface area (Å²) in [6, 6.07) is 19.9. The van der Waals surface area contributed by atoms with Crippen LogP contribution in [0.5, 0.6) is 0 Å². The van der Waals surface area contributed by atoms with Crippen LogP contribution in [0.1, 0.15) is 43.2 Å². The predicted molar refractivity (Wildman–Crippen MR) is 116 cm³/mol. The number of nitrogens with zero attached hydrogens (tertiary/aromatic N) is 2. The number of aryl methyl sites for hydroxylation is 1. The van der Waals surface area contributed by atoms with Gasteiger partial charge in [-0.05, 0) is 48.6 Å². The molecule has 1 atom stereocenters. The number of pyridine rings is 1. The lowest BCUT2D eigenvalue weighted by Gasteiger charge is -2.06. The number of hydrogen-bond acceptors (Lipinski definition) is 4. The SMILES string of the molecule is OC(CCCCCc1ccccc1)c1nc2ncc(-c3cccc(Cl)c3)cc2o1. The van der Waals surface area contributed by atoms with Crippen LogP contribution in [0, 0.1) is 0 Å². The molecule has 0 aliphatic rings. The van der Waals surface area contributed by atoms with Crippen molar-refractivity contribution in [3.05, 3.63) is 83.3 Å². The number of rotatable bonds is 8. The number of halogens is 1. The van der Waals surface area contributed by atoms with Crippen molar-refractivity contribution in [3.63, 3.8) is 0 Å². The summed E-state index contributed by atoms with van der Waals surface area (Å²) in [6.07, 6.45) is 5.82. The zero-order valence-corrected chi connectivity index (χ0v) is 16.8. The monoisotopic (exact) mass is 406 g/mol. The first-order valence-electron chi connectivity index (χ1n) is 9.93. The summed E-state index contributed by atoms with van der Waals surface area (Å²) in [5.41, 5.74) is 4.30. The lowest BCUT2D eigenvalue weighted by atomic mass is 10.0. The van der Waals surface area contributed by atoms with Crippen LogP contribution in [0.3, 0.4) is 0 Å². The van der Waals surface area contributed by atoms with Crippen molar-refractivity contribution in [3.8, 4) is 11.1 Å². The van der Waals surface area contributed by atoms with Crippen molar-refractivity contribution in [2.75, 3.05) is 0 Å². The number of hydrogen-bond donors (Lipinski definition) is 1. The molecule has 0 aliphatic carbocycles. The lowest BCUT2D eigenvalue weighted by Crippen LogP contribution is -1.98. The van der Waals surface area contributed by atoms with E-state index in [0.29, 0.717) is 28.6 Å². The molecule has 29 heavy (non-hydrogen) atoms. The number of unbranched alkanes of at least 4 members (excludes halogenated alkanes) is 2. The van der Waals surface area contributed by atoms with E-state index in [2.05, 4.69) is 34.2 Å². The molecule has 4 rings (SSSR count). The van der Waals surface area contributed by atoms with E-state index in [-0.39, 0.29) is 0 Å². The predicted octanol–water partition coefficient (Wildman–Crippen LogP) is 6.38. The zero-order valence-electron chi connectivity index (χ0n) is 16.1. The maximum Gasteiger partial charge on any atom is 0.225 e. The minimum Gasteiger partial charge on any atom is -0.436 e. The summed E-state index contributed by atoms with van der Waals surface area (Å²) < 4.78 is 5.79. The molecule has 0 spiro atoms. The number of benzene rings is 2. The molecule has 0 saturated carbocycles. The van der Waals surface area contributed by atoms with E-state index < -0.39 is 6.10 Å². The first-order chi connectivity index (χ1) is 14.2. The molecule has 4 aromatic rings. The minimum atomic E-state index is -0.712. The Kier molecular flexibility index (Phi) is 6.23. The van der Waals surface area contributed by atoms with E-state index in [0.717, 1.165) is 36.8 Å². The van der Waals surface area contributed by atoms with Gasteiger partial charge in [-0.3, -0.25) is 0 Å². The molecule has 1 unspecified atom stereocenters. The average Bonchev–Trinajstić information content (AvgIpc) is 3.18. The van der Waals surface area contributed by atoms with Crippen LogP contribution in [0.4, 0.5) is 0 Å². The highest BCUT2D eigenvalue weighted by Crippen LogP contribution is 2.28. The van der Waals surface area contributed by atoms with Gasteiger partial charge in [-0.25, -0.2) is 4.98 Å². The van der Waals surface area contributed by atoms with Gasteiger partial charge < -0.3 is 9.52 Å². The van der Waals surface area contributed by atoms with Gasteiger partial charge in [0.1, 0.15) is 6.10 Å². The summed E-state index contributed by atoms with van der Waals surface area (Å²) in [4.78, 5) is 8.73. The van der Waals surface area contributed by atoms with Gasteiger partial charge in [0, 0.05) is 16.8 Å². The summed E-state index contributed by atoms with van der Waals surface area (Å²) in [7, 11) is 0. The molecule has 2 heterocycles. The highest BCUT2D eigenvalue weighted by Gasteiger charge is 2.16. The second-order valence-electron chi connectivity index (χ2n) is 7.21. The van der Waals surface area contributed by atoms with Gasteiger partial charge in [-0.15, -0.1) is 0 Å². The third-order valence-corrected chi connectivity index (χ3v) is 5.23. The molecular weight excluding hydrogens is 384 g/mol. The quantitative estimate of drug-likeness (QED) is 0.345. The number of aromatic nitrogens is 2. The van der Waals surface area contributed by atoms with Crippen molar-refractivity contribution in [1.29, 1.82) is 0 Å². The molecule has 148 valence electrons. The van der Waals surface area contributed by atoms with E-state index in [1.807, 2.05) is 36.4 Å². The Labute approximate surface area is 175 Å². The lowest BCUT2D eigenvalue weighted by molar-refractivity contribution is 0.133. The molecule has 0 amide bonds. The second kappa shape index (κ2) is 9.21. The van der Waals surface area contributed by atoms with E-state index in [1.54, 1.807) is 6.20 Å². The van der Waals surface area contributed by atoms with Crippen LogP contribution in [0.2, 0.25) is 5.02 Å². The highest BCUT2D eigenvalue weighted by atomic mass is 35.5.